The molecule has 0 aliphatic rings. The van der Waals surface area contributed by atoms with Crippen molar-refractivity contribution in [2.75, 3.05) is 13.7 Å². The van der Waals surface area contributed by atoms with Crippen LogP contribution in [0.15, 0.2) is 22.7 Å². The summed E-state index contributed by atoms with van der Waals surface area (Å²) in [5, 5.41) is 0. The van der Waals surface area contributed by atoms with E-state index < -0.39 is 0 Å². The molecule has 0 aliphatic heterocycles. The van der Waals surface area contributed by atoms with E-state index in [4.69, 9.17) is 15.2 Å². The minimum atomic E-state index is 0.0136. The Hall–Kier alpha value is -0.740. The predicted molar refractivity (Wildman–Crippen MR) is 59.8 cm³/mol. The Labute approximate surface area is 92.3 Å². The van der Waals surface area contributed by atoms with Gasteiger partial charge in [0.15, 0.2) is 0 Å². The van der Waals surface area contributed by atoms with Crippen molar-refractivity contribution in [3.8, 4) is 11.5 Å². The average molecular weight is 260 g/mol. The van der Waals surface area contributed by atoms with Crippen molar-refractivity contribution in [3.63, 3.8) is 0 Å². The first-order chi connectivity index (χ1) is 6.67. The van der Waals surface area contributed by atoms with Crippen LogP contribution in [0.25, 0.3) is 0 Å². The largest absolute Gasteiger partial charge is 0.497 e. The molecule has 1 unspecified atom stereocenters. The Balaban J connectivity index is 2.78. The minimum Gasteiger partial charge on any atom is -0.497 e. The zero-order chi connectivity index (χ0) is 10.6. The highest BCUT2D eigenvalue weighted by Gasteiger charge is 2.06. The highest BCUT2D eigenvalue weighted by atomic mass is 79.9. The SMILES string of the molecule is COc1ccc(OC(C)CN)c(Br)c1. The number of methoxy groups -OCH3 is 1. The van der Waals surface area contributed by atoms with Gasteiger partial charge in [-0.2, -0.15) is 0 Å². The van der Waals surface area contributed by atoms with Gasteiger partial charge in [-0.25, -0.2) is 0 Å². The lowest BCUT2D eigenvalue weighted by Crippen LogP contribution is -2.22. The second-order valence-electron chi connectivity index (χ2n) is 2.96. The number of nitrogens with two attached hydrogens (primary N) is 1. The molecule has 78 valence electrons. The predicted octanol–water partition coefficient (Wildman–Crippen LogP) is 2.18. The fourth-order valence-electron chi connectivity index (χ4n) is 0.969. The van der Waals surface area contributed by atoms with E-state index in [0.29, 0.717) is 6.54 Å². The van der Waals surface area contributed by atoms with Gasteiger partial charge in [0.05, 0.1) is 11.6 Å². The van der Waals surface area contributed by atoms with Crippen LogP contribution in [-0.2, 0) is 0 Å². The maximum Gasteiger partial charge on any atom is 0.134 e. The molecule has 1 aromatic carbocycles. The average Bonchev–Trinajstić information content (AvgIpc) is 2.20. The zero-order valence-corrected chi connectivity index (χ0v) is 9.87. The zero-order valence-electron chi connectivity index (χ0n) is 8.29. The summed E-state index contributed by atoms with van der Waals surface area (Å²) < 4.78 is 11.5. The summed E-state index contributed by atoms with van der Waals surface area (Å²) >= 11 is 3.40. The Morgan fingerprint density at radius 3 is 2.71 bits per heavy atom. The minimum absolute atomic E-state index is 0.0136. The van der Waals surface area contributed by atoms with Gasteiger partial charge in [-0.1, -0.05) is 0 Å². The summed E-state index contributed by atoms with van der Waals surface area (Å²) in [6.07, 6.45) is 0.0136. The number of ether oxygens (including phenoxy) is 2. The van der Waals surface area contributed by atoms with Crippen molar-refractivity contribution in [1.29, 1.82) is 0 Å². The molecule has 3 nitrogen and oxygen atoms in total. The van der Waals surface area contributed by atoms with E-state index in [0.717, 1.165) is 16.0 Å². The maximum absolute atomic E-state index is 5.57. The molecule has 14 heavy (non-hydrogen) atoms. The van der Waals surface area contributed by atoms with Gasteiger partial charge in [-0.15, -0.1) is 0 Å². The number of hydrogen-bond donors (Lipinski definition) is 1. The van der Waals surface area contributed by atoms with Crippen LogP contribution in [0.5, 0.6) is 11.5 Å². The van der Waals surface area contributed by atoms with E-state index in [1.54, 1.807) is 7.11 Å². The van der Waals surface area contributed by atoms with Crippen LogP contribution in [0.4, 0.5) is 0 Å². The lowest BCUT2D eigenvalue weighted by Gasteiger charge is -2.14. The van der Waals surface area contributed by atoms with Gasteiger partial charge in [0.25, 0.3) is 0 Å². The Morgan fingerprint density at radius 1 is 1.50 bits per heavy atom. The molecule has 4 heteroatoms. The van der Waals surface area contributed by atoms with E-state index in [1.165, 1.54) is 0 Å². The monoisotopic (exact) mass is 259 g/mol. The van der Waals surface area contributed by atoms with Crippen LogP contribution < -0.4 is 15.2 Å². The van der Waals surface area contributed by atoms with Crippen LogP contribution in [-0.4, -0.2) is 19.8 Å². The van der Waals surface area contributed by atoms with E-state index in [-0.39, 0.29) is 6.10 Å². The summed E-state index contributed by atoms with van der Waals surface area (Å²) in [7, 11) is 1.63. The van der Waals surface area contributed by atoms with Crippen LogP contribution >= 0.6 is 15.9 Å². The van der Waals surface area contributed by atoms with Crippen molar-refractivity contribution < 1.29 is 9.47 Å². The maximum atomic E-state index is 5.57. The summed E-state index contributed by atoms with van der Waals surface area (Å²) in [6.45, 7) is 2.43. The quantitative estimate of drug-likeness (QED) is 0.902. The summed E-state index contributed by atoms with van der Waals surface area (Å²) in [4.78, 5) is 0. The smallest absolute Gasteiger partial charge is 0.134 e. The molecule has 0 heterocycles. The molecule has 1 aromatic rings. The topological polar surface area (TPSA) is 44.5 Å². The highest BCUT2D eigenvalue weighted by Crippen LogP contribution is 2.29. The van der Waals surface area contributed by atoms with Gasteiger partial charge in [-0.05, 0) is 41.1 Å². The van der Waals surface area contributed by atoms with E-state index in [9.17, 15) is 0 Å². The van der Waals surface area contributed by atoms with E-state index in [2.05, 4.69) is 15.9 Å². The Kier molecular flexibility index (Phi) is 4.22. The molecule has 0 saturated heterocycles. The number of halogens is 1. The molecule has 0 bridgehead atoms. The van der Waals surface area contributed by atoms with Crippen LogP contribution in [0.3, 0.4) is 0 Å². The van der Waals surface area contributed by atoms with Crippen molar-refractivity contribution in [2.45, 2.75) is 13.0 Å². The molecule has 1 rings (SSSR count). The molecule has 0 radical (unpaired) electrons. The van der Waals surface area contributed by atoms with Crippen molar-refractivity contribution in [3.05, 3.63) is 22.7 Å². The molecular weight excluding hydrogens is 246 g/mol. The lowest BCUT2D eigenvalue weighted by molar-refractivity contribution is 0.228. The molecule has 1 atom stereocenters. The molecule has 2 N–H and O–H groups in total. The van der Waals surface area contributed by atoms with Gasteiger partial charge < -0.3 is 15.2 Å². The van der Waals surface area contributed by atoms with Gasteiger partial charge in [0.1, 0.15) is 17.6 Å². The molecule has 0 fully saturated rings. The van der Waals surface area contributed by atoms with Crippen molar-refractivity contribution in [2.24, 2.45) is 5.73 Å². The normalized spacial score (nSPS) is 12.3. The molecule has 0 spiro atoms. The molecule has 0 saturated carbocycles. The number of rotatable bonds is 4. The Morgan fingerprint density at radius 2 is 2.21 bits per heavy atom. The van der Waals surface area contributed by atoms with Gasteiger partial charge in [-0.3, -0.25) is 0 Å². The second-order valence-corrected chi connectivity index (χ2v) is 3.81. The molecule has 0 aliphatic carbocycles. The third-order valence-corrected chi connectivity index (χ3v) is 2.42. The van der Waals surface area contributed by atoms with Gasteiger partial charge in [0, 0.05) is 6.54 Å². The first-order valence-corrected chi connectivity index (χ1v) is 5.17. The van der Waals surface area contributed by atoms with Crippen molar-refractivity contribution in [1.82, 2.24) is 0 Å². The highest BCUT2D eigenvalue weighted by molar-refractivity contribution is 9.10. The molecular formula is C10H14BrNO2. The molecule has 0 amide bonds. The van der Waals surface area contributed by atoms with Gasteiger partial charge in [0.2, 0.25) is 0 Å². The van der Waals surface area contributed by atoms with Crippen LogP contribution in [0.2, 0.25) is 0 Å². The standard InChI is InChI=1S/C10H14BrNO2/c1-7(6-12)14-10-4-3-8(13-2)5-9(10)11/h3-5,7H,6,12H2,1-2H3. The van der Waals surface area contributed by atoms with Crippen molar-refractivity contribution >= 4 is 15.9 Å². The van der Waals surface area contributed by atoms with Crippen LogP contribution in [0, 0.1) is 0 Å². The first kappa shape index (κ1) is 11.3. The third kappa shape index (κ3) is 2.89. The fourth-order valence-corrected chi connectivity index (χ4v) is 1.42. The third-order valence-electron chi connectivity index (χ3n) is 1.80. The first-order valence-electron chi connectivity index (χ1n) is 4.37. The van der Waals surface area contributed by atoms with E-state index in [1.807, 2.05) is 25.1 Å². The molecule has 0 aromatic heterocycles. The summed E-state index contributed by atoms with van der Waals surface area (Å²) in [6, 6.07) is 5.57. The number of benzene rings is 1. The second kappa shape index (κ2) is 5.22. The van der Waals surface area contributed by atoms with Gasteiger partial charge >= 0.3 is 0 Å². The van der Waals surface area contributed by atoms with Crippen LogP contribution in [0.1, 0.15) is 6.92 Å². The summed E-state index contributed by atoms with van der Waals surface area (Å²) in [5.41, 5.74) is 5.46. The lowest BCUT2D eigenvalue weighted by atomic mass is 10.3. The van der Waals surface area contributed by atoms with E-state index >= 15 is 0 Å². The summed E-state index contributed by atoms with van der Waals surface area (Å²) in [5.74, 6) is 1.58. The fraction of sp³-hybridized carbons (Fsp3) is 0.400. The Bertz CT molecular complexity index is 304. The number of hydrogen-bond acceptors (Lipinski definition) is 3.